The van der Waals surface area contributed by atoms with Gasteiger partial charge in [-0.3, -0.25) is 9.59 Å². The zero-order valence-electron chi connectivity index (χ0n) is 33.5. The van der Waals surface area contributed by atoms with E-state index in [-0.39, 0.29) is 68.5 Å². The molecule has 3 aromatic rings. The third-order valence-electron chi connectivity index (χ3n) is 9.69. The molecule has 16 nitrogen and oxygen atoms in total. The lowest BCUT2D eigenvalue weighted by Crippen LogP contribution is -2.44. The van der Waals surface area contributed by atoms with Gasteiger partial charge in [0.25, 0.3) is 5.56 Å². The molecule has 0 aliphatic carbocycles. The topological polar surface area (TPSA) is 203 Å². The Morgan fingerprint density at radius 3 is 2.28 bits per heavy atom. The van der Waals surface area contributed by atoms with Crippen molar-refractivity contribution in [1.82, 2.24) is 20.2 Å². The van der Waals surface area contributed by atoms with Gasteiger partial charge in [0.2, 0.25) is 0 Å². The predicted molar refractivity (Wildman–Crippen MR) is 208 cm³/mol. The first-order chi connectivity index (χ1) is 27.3. The van der Waals surface area contributed by atoms with Crippen molar-refractivity contribution in [2.75, 3.05) is 46.1 Å². The molecule has 0 saturated carbocycles. The van der Waals surface area contributed by atoms with E-state index in [1.807, 2.05) is 27.7 Å². The van der Waals surface area contributed by atoms with Crippen LogP contribution in [-0.4, -0.2) is 90.5 Å². The summed E-state index contributed by atoms with van der Waals surface area (Å²) in [6.45, 7) is 11.3. The van der Waals surface area contributed by atoms with Gasteiger partial charge in [-0.25, -0.2) is 19.4 Å². The number of carbonyl (C=O) groups excluding carboxylic acids is 4. The normalized spacial score (nSPS) is 15.6. The fourth-order valence-electron chi connectivity index (χ4n) is 6.85. The fourth-order valence-corrected chi connectivity index (χ4v) is 6.85. The average molecular weight is 795 g/mol. The molecule has 2 aliphatic heterocycles. The number of unbranched alkanes of at least 4 members (excludes halogenated alkanes) is 3. The van der Waals surface area contributed by atoms with Gasteiger partial charge in [0.15, 0.2) is 5.60 Å². The van der Waals surface area contributed by atoms with Gasteiger partial charge in [-0.05, 0) is 76.3 Å². The first-order valence-electron chi connectivity index (χ1n) is 19.6. The molecule has 57 heavy (non-hydrogen) atoms. The summed E-state index contributed by atoms with van der Waals surface area (Å²) < 4.78 is 33.4. The van der Waals surface area contributed by atoms with Gasteiger partial charge in [0.1, 0.15) is 24.6 Å². The molecule has 2 amide bonds. The molecule has 4 heterocycles. The van der Waals surface area contributed by atoms with E-state index < -0.39 is 29.4 Å². The molecular weight excluding hydrogens is 740 g/mol. The Balaban J connectivity index is 0.979. The monoisotopic (exact) mass is 794 g/mol. The van der Waals surface area contributed by atoms with E-state index in [1.54, 1.807) is 35.8 Å². The van der Waals surface area contributed by atoms with Crippen LogP contribution in [0.4, 0.5) is 9.59 Å². The van der Waals surface area contributed by atoms with Gasteiger partial charge in [-0.1, -0.05) is 26.7 Å². The second-order valence-electron chi connectivity index (χ2n) is 14.9. The molecule has 5 rings (SSSR count). The summed E-state index contributed by atoms with van der Waals surface area (Å²) in [5, 5.41) is 17.5. The van der Waals surface area contributed by atoms with E-state index in [0.29, 0.717) is 55.4 Å². The lowest BCUT2D eigenvalue weighted by molar-refractivity contribution is -0.172. The molecule has 0 radical (unpaired) electrons. The molecule has 2 aliphatic rings. The molecule has 1 atom stereocenters. The third-order valence-corrected chi connectivity index (χ3v) is 9.69. The number of pyridine rings is 2. The highest BCUT2D eigenvalue weighted by Crippen LogP contribution is 2.40. The van der Waals surface area contributed by atoms with Crippen LogP contribution in [0.15, 0.2) is 29.1 Å². The van der Waals surface area contributed by atoms with E-state index >= 15 is 0 Å². The van der Waals surface area contributed by atoms with Crippen LogP contribution < -0.4 is 20.9 Å². The van der Waals surface area contributed by atoms with Crippen molar-refractivity contribution < 1.29 is 52.7 Å². The first-order valence-corrected chi connectivity index (χ1v) is 19.6. The number of amides is 2. The third kappa shape index (κ3) is 10.9. The maximum absolute atomic E-state index is 13.6. The number of nitrogens with one attached hydrogen (secondary N) is 2. The molecular formula is C41H54N4O12. The number of cyclic esters (lactones) is 1. The largest absolute Gasteiger partial charge is 0.460 e. The Morgan fingerprint density at radius 1 is 0.912 bits per heavy atom. The number of alkyl carbamates (subject to hydrolysis) is 1. The molecule has 310 valence electrons. The van der Waals surface area contributed by atoms with Crippen molar-refractivity contribution in [3.63, 3.8) is 0 Å². The van der Waals surface area contributed by atoms with E-state index in [2.05, 4.69) is 10.6 Å². The number of aryl methyl sites for hydroxylation is 1. The first kappa shape index (κ1) is 43.1. The summed E-state index contributed by atoms with van der Waals surface area (Å²) in [7, 11) is 0. The molecule has 0 fully saturated rings. The van der Waals surface area contributed by atoms with Crippen LogP contribution in [0.1, 0.15) is 95.4 Å². The Hall–Kier alpha value is -5.06. The highest BCUT2D eigenvalue weighted by atomic mass is 16.6. The van der Waals surface area contributed by atoms with Crippen molar-refractivity contribution in [1.29, 1.82) is 0 Å². The molecule has 1 aromatic carbocycles. The zero-order chi connectivity index (χ0) is 41.2. The van der Waals surface area contributed by atoms with E-state index in [0.717, 1.165) is 42.2 Å². The summed E-state index contributed by atoms with van der Waals surface area (Å²) in [4.78, 5) is 67.1. The molecule has 0 bridgehead atoms. The average Bonchev–Trinajstić information content (AvgIpc) is 3.53. The van der Waals surface area contributed by atoms with Crippen molar-refractivity contribution in [3.05, 3.63) is 56.9 Å². The molecule has 16 heteroatoms. The Bertz CT molecular complexity index is 2010. The van der Waals surface area contributed by atoms with Crippen molar-refractivity contribution in [2.45, 2.75) is 104 Å². The standard InChI is InChI=1S/C41H54N4O12/c1-6-27-28-22-26(12-13-32(28)44-35-29(27)24-45-33(35)23-31-30(36(45)47)25-55-37(48)41(31,51)7-2)56-39(50)43-16-11-9-8-10-15-42-38(49)54-21-20-53-19-18-52-17-14-34(46)57-40(3,4)5/h12-13,22-23,51H,6-11,14-21,24-25H2,1-5H3,(H,42,49)(H,43,50)/t41-/m0/s1. The Morgan fingerprint density at radius 2 is 1.60 bits per heavy atom. The number of hydrogen-bond donors (Lipinski definition) is 3. The number of rotatable bonds is 19. The molecule has 2 aromatic heterocycles. The zero-order valence-corrected chi connectivity index (χ0v) is 33.5. The maximum atomic E-state index is 13.6. The highest BCUT2D eigenvalue weighted by molar-refractivity contribution is 5.90. The number of aliphatic hydroxyl groups is 1. The van der Waals surface area contributed by atoms with Crippen LogP contribution in [0.5, 0.6) is 5.75 Å². The summed E-state index contributed by atoms with van der Waals surface area (Å²) in [5.41, 5.74) is 1.43. The second kappa shape index (κ2) is 19.4. The molecule has 0 saturated heterocycles. The van der Waals surface area contributed by atoms with Crippen LogP contribution in [0.3, 0.4) is 0 Å². The minimum Gasteiger partial charge on any atom is -0.460 e. The van der Waals surface area contributed by atoms with Crippen molar-refractivity contribution >= 4 is 35.0 Å². The number of ether oxygens (including phenoxy) is 6. The van der Waals surface area contributed by atoms with Crippen molar-refractivity contribution in [2.24, 2.45) is 0 Å². The quantitative estimate of drug-likeness (QED) is 0.0666. The van der Waals surface area contributed by atoms with Crippen molar-refractivity contribution in [3.8, 4) is 17.1 Å². The number of nitrogens with zero attached hydrogens (tertiary/aromatic N) is 2. The Kier molecular flexibility index (Phi) is 14.7. The Labute approximate surface area is 331 Å². The van der Waals surface area contributed by atoms with Gasteiger partial charge in [-0.15, -0.1) is 0 Å². The van der Waals surface area contributed by atoms with Crippen LogP contribution in [0, 0.1) is 0 Å². The minimum atomic E-state index is -1.90. The SMILES string of the molecule is CCc1c2c(nc3ccc(OC(=O)NCCCCCCNC(=O)OCCOCCOCCC(=O)OC(C)(C)C)cc13)-c1cc3c(c(=O)n1C2)COC(=O)[C@]3(O)CC. The number of hydrogen-bond acceptors (Lipinski definition) is 13. The number of benzene rings is 1. The summed E-state index contributed by atoms with van der Waals surface area (Å²) in [6, 6.07) is 6.91. The van der Waals surface area contributed by atoms with Gasteiger partial charge in [-0.2, -0.15) is 0 Å². The van der Waals surface area contributed by atoms with Crippen LogP contribution in [0.2, 0.25) is 0 Å². The van der Waals surface area contributed by atoms with E-state index in [1.165, 1.54) is 0 Å². The van der Waals surface area contributed by atoms with Gasteiger partial charge in [0, 0.05) is 29.6 Å². The number of fused-ring (bicyclic) bond motifs is 5. The highest BCUT2D eigenvalue weighted by Gasteiger charge is 2.45. The summed E-state index contributed by atoms with van der Waals surface area (Å²) in [5.74, 6) is -0.725. The lowest BCUT2D eigenvalue weighted by atomic mass is 9.86. The number of carbonyl (C=O) groups is 4. The second-order valence-corrected chi connectivity index (χ2v) is 14.9. The predicted octanol–water partition coefficient (Wildman–Crippen LogP) is 4.78. The van der Waals surface area contributed by atoms with Gasteiger partial charge >= 0.3 is 24.1 Å². The molecule has 3 N–H and O–H groups in total. The lowest BCUT2D eigenvalue weighted by Gasteiger charge is -2.31. The van der Waals surface area contributed by atoms with Crippen LogP contribution in [-0.2, 0) is 58.4 Å². The van der Waals surface area contributed by atoms with E-state index in [4.69, 9.17) is 33.4 Å². The minimum absolute atomic E-state index is 0.0634. The summed E-state index contributed by atoms with van der Waals surface area (Å²) in [6.07, 6.45) is 2.94. The van der Waals surface area contributed by atoms with Crippen LogP contribution >= 0.6 is 0 Å². The number of aromatic nitrogens is 2. The van der Waals surface area contributed by atoms with Gasteiger partial charge in [0.05, 0.1) is 61.9 Å². The molecule has 0 unspecified atom stereocenters. The maximum Gasteiger partial charge on any atom is 0.412 e. The van der Waals surface area contributed by atoms with E-state index in [9.17, 15) is 29.1 Å². The smallest absolute Gasteiger partial charge is 0.412 e. The fraction of sp³-hybridized carbons (Fsp3) is 0.561. The summed E-state index contributed by atoms with van der Waals surface area (Å²) >= 11 is 0. The van der Waals surface area contributed by atoms with Crippen LogP contribution in [0.25, 0.3) is 22.3 Å². The van der Waals surface area contributed by atoms with Gasteiger partial charge < -0.3 is 48.7 Å². The molecule has 0 spiro atoms. The number of esters is 2.